The molecule has 2 atom stereocenters. The van der Waals surface area contributed by atoms with E-state index in [1.54, 1.807) is 0 Å². The van der Waals surface area contributed by atoms with Gasteiger partial charge in [0, 0.05) is 6.42 Å². The summed E-state index contributed by atoms with van der Waals surface area (Å²) >= 11 is 0. The zero-order valence-corrected chi connectivity index (χ0v) is 7.03. The summed E-state index contributed by atoms with van der Waals surface area (Å²) in [6.07, 6.45) is -7.65. The second kappa shape index (κ2) is 3.09. The van der Waals surface area contributed by atoms with Gasteiger partial charge >= 0.3 is 16.4 Å². The lowest BCUT2D eigenvalue weighted by Gasteiger charge is -2.12. The molecule has 0 spiro atoms. The molecule has 0 aromatic carbocycles. The van der Waals surface area contributed by atoms with E-state index in [0.717, 1.165) is 0 Å². The van der Waals surface area contributed by atoms with Crippen molar-refractivity contribution in [2.75, 3.05) is 6.61 Å². The van der Waals surface area contributed by atoms with Crippen LogP contribution in [-0.2, 0) is 15.0 Å². The van der Waals surface area contributed by atoms with Crippen LogP contribution in [0.3, 0.4) is 0 Å². The summed E-state index contributed by atoms with van der Waals surface area (Å²) in [5.74, 6) is 0. The van der Waals surface area contributed by atoms with Crippen molar-refractivity contribution in [1.29, 1.82) is 0 Å². The first kappa shape index (κ1) is 10.7. The lowest BCUT2D eigenvalue weighted by molar-refractivity contribution is -0.206. The Labute approximate surface area is 71.9 Å². The van der Waals surface area contributed by atoms with E-state index in [2.05, 4.69) is 4.74 Å². The molecule has 78 valence electrons. The number of halogens is 4. The van der Waals surface area contributed by atoms with Crippen molar-refractivity contribution in [2.45, 2.75) is 24.0 Å². The van der Waals surface area contributed by atoms with E-state index in [-0.39, 0.29) is 0 Å². The Morgan fingerprint density at radius 3 is 2.08 bits per heavy atom. The highest BCUT2D eigenvalue weighted by Crippen LogP contribution is 2.32. The third-order valence-electron chi connectivity index (χ3n) is 1.72. The van der Waals surface area contributed by atoms with Gasteiger partial charge in [0.05, 0.1) is 6.61 Å². The van der Waals surface area contributed by atoms with E-state index >= 15 is 0 Å². The first-order chi connectivity index (χ1) is 5.71. The largest absolute Gasteiger partial charge is 0.414 e. The van der Waals surface area contributed by atoms with E-state index in [1.165, 1.54) is 0 Å². The lowest BCUT2D eigenvalue weighted by atomic mass is 10.2. The van der Waals surface area contributed by atoms with Crippen LogP contribution in [0, 0.1) is 0 Å². The summed E-state index contributed by atoms with van der Waals surface area (Å²) in [6.45, 7) is -0.733. The predicted octanol–water partition coefficient (Wildman–Crippen LogP) is 1.01. The Bertz CT molecular complexity index is 283. The molecule has 0 aliphatic carbocycles. The van der Waals surface area contributed by atoms with Crippen molar-refractivity contribution in [3.8, 4) is 0 Å². The summed E-state index contributed by atoms with van der Waals surface area (Å²) in [6, 6.07) is 0. The Kier molecular flexibility index (Phi) is 2.54. The van der Waals surface area contributed by atoms with Crippen molar-refractivity contribution in [3.63, 3.8) is 0 Å². The predicted molar refractivity (Wildman–Crippen MR) is 34.2 cm³/mol. The van der Waals surface area contributed by atoms with Crippen LogP contribution >= 0.6 is 0 Å². The zero-order valence-electron chi connectivity index (χ0n) is 6.21. The topological polar surface area (TPSA) is 43.4 Å². The van der Waals surface area contributed by atoms with Gasteiger partial charge in [-0.3, -0.25) is 0 Å². The molecular weight excluding hydrogens is 216 g/mol. The van der Waals surface area contributed by atoms with Gasteiger partial charge in [-0.25, -0.2) is 0 Å². The van der Waals surface area contributed by atoms with Crippen LogP contribution in [0.5, 0.6) is 0 Å². The highest BCUT2D eigenvalue weighted by atomic mass is 32.3. The zero-order chi connectivity index (χ0) is 10.3. The summed E-state index contributed by atoms with van der Waals surface area (Å²) in [5, 5.41) is -1.68. The van der Waals surface area contributed by atoms with Crippen LogP contribution in [0.15, 0.2) is 0 Å². The molecule has 0 aromatic rings. The van der Waals surface area contributed by atoms with Gasteiger partial charge in [-0.1, -0.05) is 0 Å². The molecule has 3 nitrogen and oxygen atoms in total. The van der Waals surface area contributed by atoms with E-state index in [4.69, 9.17) is 0 Å². The van der Waals surface area contributed by atoms with Gasteiger partial charge in [0.1, 0.15) is 5.25 Å². The van der Waals surface area contributed by atoms with E-state index in [9.17, 15) is 25.5 Å². The van der Waals surface area contributed by atoms with Crippen molar-refractivity contribution in [1.82, 2.24) is 0 Å². The number of rotatable bonds is 1. The molecule has 1 fully saturated rings. The number of ether oxygens (including phenoxy) is 1. The van der Waals surface area contributed by atoms with Crippen LogP contribution < -0.4 is 0 Å². The third-order valence-corrected chi connectivity index (χ3v) is 2.85. The fourth-order valence-corrected chi connectivity index (χ4v) is 1.67. The maximum Gasteiger partial charge on any atom is 0.414 e. The molecule has 0 saturated carbocycles. The Morgan fingerprint density at radius 2 is 1.85 bits per heavy atom. The Hall–Kier alpha value is -0.370. The van der Waals surface area contributed by atoms with Crippen LogP contribution in [-0.4, -0.2) is 32.6 Å². The second-order valence-electron chi connectivity index (χ2n) is 2.70. The summed E-state index contributed by atoms with van der Waals surface area (Å²) in [4.78, 5) is 0. The van der Waals surface area contributed by atoms with Crippen molar-refractivity contribution in [3.05, 3.63) is 0 Å². The van der Waals surface area contributed by atoms with Crippen LogP contribution in [0.4, 0.5) is 17.1 Å². The summed E-state index contributed by atoms with van der Waals surface area (Å²) in [5.41, 5.74) is 0. The molecule has 1 rings (SSSR count). The number of hydrogen-bond acceptors (Lipinski definition) is 3. The molecule has 0 bridgehead atoms. The van der Waals surface area contributed by atoms with Gasteiger partial charge in [-0.2, -0.15) is 21.6 Å². The average molecular weight is 222 g/mol. The highest BCUT2D eigenvalue weighted by molar-refractivity contribution is 7.87. The smallest absolute Gasteiger partial charge is 0.367 e. The van der Waals surface area contributed by atoms with Gasteiger partial charge in [0.15, 0.2) is 6.10 Å². The summed E-state index contributed by atoms with van der Waals surface area (Å²) < 4.78 is 72.3. The monoisotopic (exact) mass is 222 g/mol. The van der Waals surface area contributed by atoms with E-state index < -0.39 is 40.8 Å². The van der Waals surface area contributed by atoms with Crippen molar-refractivity contribution >= 4 is 10.2 Å². The van der Waals surface area contributed by atoms with Crippen molar-refractivity contribution < 1.29 is 30.2 Å². The second-order valence-corrected chi connectivity index (χ2v) is 4.31. The molecule has 0 aromatic heterocycles. The molecule has 8 heteroatoms. The average Bonchev–Trinajstić information content (AvgIpc) is 2.28. The Morgan fingerprint density at radius 1 is 1.31 bits per heavy atom. The minimum Gasteiger partial charge on any atom is -0.367 e. The Balaban J connectivity index is 2.66. The van der Waals surface area contributed by atoms with Gasteiger partial charge in [-0.05, 0) is 0 Å². The molecule has 1 saturated heterocycles. The van der Waals surface area contributed by atoms with Gasteiger partial charge in [0.25, 0.3) is 0 Å². The maximum atomic E-state index is 12.2. The van der Waals surface area contributed by atoms with Crippen molar-refractivity contribution in [2.24, 2.45) is 0 Å². The molecule has 0 N–H and O–H groups in total. The molecule has 0 amide bonds. The standard InChI is InChI=1S/C5H6F4O3S/c6-5(7,8)4-1-3(2-12-4)13(9,10)11/h3-4H,1-2H2/t3-,4+/m1/s1. The van der Waals surface area contributed by atoms with Gasteiger partial charge in [0.2, 0.25) is 0 Å². The molecule has 0 unspecified atom stereocenters. The normalized spacial score (nSPS) is 30.8. The van der Waals surface area contributed by atoms with Gasteiger partial charge in [-0.15, -0.1) is 3.89 Å². The summed E-state index contributed by atoms with van der Waals surface area (Å²) in [7, 11) is -4.92. The van der Waals surface area contributed by atoms with E-state index in [1.807, 2.05) is 0 Å². The fourth-order valence-electron chi connectivity index (χ4n) is 1.02. The number of hydrogen-bond donors (Lipinski definition) is 0. The maximum absolute atomic E-state index is 12.2. The first-order valence-electron chi connectivity index (χ1n) is 3.33. The van der Waals surface area contributed by atoms with Crippen LogP contribution in [0.1, 0.15) is 6.42 Å². The fraction of sp³-hybridized carbons (Fsp3) is 1.00. The molecular formula is C5H6F4O3S. The van der Waals surface area contributed by atoms with Crippen LogP contribution in [0.25, 0.3) is 0 Å². The number of alkyl halides is 3. The molecule has 1 aliphatic rings. The van der Waals surface area contributed by atoms with E-state index in [0.29, 0.717) is 0 Å². The van der Waals surface area contributed by atoms with Crippen LogP contribution in [0.2, 0.25) is 0 Å². The first-order valence-corrected chi connectivity index (χ1v) is 4.77. The minimum absolute atomic E-state index is 0.733. The molecule has 0 radical (unpaired) electrons. The minimum atomic E-state index is -4.92. The van der Waals surface area contributed by atoms with Gasteiger partial charge < -0.3 is 4.74 Å². The highest BCUT2D eigenvalue weighted by Gasteiger charge is 2.48. The molecule has 13 heavy (non-hydrogen) atoms. The third kappa shape index (κ3) is 2.53. The SMILES string of the molecule is O=S(=O)(F)[C@H]1CO[C@H](C(F)(F)F)C1. The quantitative estimate of drug-likeness (QED) is 0.491. The molecule has 1 heterocycles. The molecule has 1 aliphatic heterocycles. The lowest BCUT2D eigenvalue weighted by Crippen LogP contribution is -2.28.